The Kier molecular flexibility index (Phi) is 7.01. The van der Waals surface area contributed by atoms with Crippen molar-refractivity contribution >= 4 is 39.7 Å². The van der Waals surface area contributed by atoms with Gasteiger partial charge in [0.2, 0.25) is 5.91 Å². The van der Waals surface area contributed by atoms with E-state index in [1.54, 1.807) is 7.11 Å². The molecule has 33 heavy (non-hydrogen) atoms. The quantitative estimate of drug-likeness (QED) is 0.326. The Morgan fingerprint density at radius 2 is 1.73 bits per heavy atom. The van der Waals surface area contributed by atoms with Gasteiger partial charge in [-0.3, -0.25) is 14.9 Å². The molecule has 0 saturated heterocycles. The highest BCUT2D eigenvalue weighted by Gasteiger charge is 2.17. The highest BCUT2D eigenvalue weighted by Crippen LogP contribution is 2.33. The van der Waals surface area contributed by atoms with Crippen LogP contribution in [0.3, 0.4) is 0 Å². The number of anilines is 2. The van der Waals surface area contributed by atoms with Crippen LogP contribution in [0.15, 0.2) is 66.0 Å². The summed E-state index contributed by atoms with van der Waals surface area (Å²) in [6.45, 7) is 4.40. The van der Waals surface area contributed by atoms with Crippen molar-refractivity contribution in [3.8, 4) is 17.0 Å². The number of ether oxygens (including phenoxy) is 1. The molecular formula is C25H25ClN4O2S. The van der Waals surface area contributed by atoms with E-state index in [0.29, 0.717) is 18.0 Å². The number of carbonyl (C=O) groups excluding carboxylic acids is 1. The molecule has 0 aliphatic rings. The molecular weight excluding hydrogens is 456 g/mol. The Balaban J connectivity index is 1.56. The summed E-state index contributed by atoms with van der Waals surface area (Å²) in [5.41, 5.74) is 7.75. The van der Waals surface area contributed by atoms with Crippen molar-refractivity contribution in [3.63, 3.8) is 0 Å². The molecule has 0 fully saturated rings. The van der Waals surface area contributed by atoms with Gasteiger partial charge in [-0.1, -0.05) is 23.7 Å². The number of hydrogen-bond donors (Lipinski definition) is 1. The van der Waals surface area contributed by atoms with Gasteiger partial charge in [-0.15, -0.1) is 11.3 Å². The summed E-state index contributed by atoms with van der Waals surface area (Å²) in [5.74, 6) is 0.710. The molecule has 0 aliphatic heterocycles. The van der Waals surface area contributed by atoms with Crippen molar-refractivity contribution in [3.05, 3.63) is 82.5 Å². The molecule has 170 valence electrons. The number of aryl methyl sites for hydroxylation is 2. The van der Waals surface area contributed by atoms with E-state index in [1.165, 1.54) is 11.3 Å². The number of nitrogens with one attached hydrogen (secondary N) is 1. The zero-order valence-corrected chi connectivity index (χ0v) is 20.3. The molecule has 2 heterocycles. The van der Waals surface area contributed by atoms with Gasteiger partial charge in [-0.25, -0.2) is 4.98 Å². The topological polar surface area (TPSA) is 59.4 Å². The van der Waals surface area contributed by atoms with Gasteiger partial charge in [0.25, 0.3) is 0 Å². The van der Waals surface area contributed by atoms with E-state index in [9.17, 15) is 4.79 Å². The molecule has 0 aliphatic carbocycles. The van der Waals surface area contributed by atoms with Crippen LogP contribution in [-0.4, -0.2) is 29.2 Å². The summed E-state index contributed by atoms with van der Waals surface area (Å²) in [7, 11) is 1.64. The lowest BCUT2D eigenvalue weighted by atomic mass is 10.2. The number of carbonyl (C=O) groups is 1. The molecule has 1 amide bonds. The first-order valence-electron chi connectivity index (χ1n) is 10.5. The molecule has 0 unspecified atom stereocenters. The number of methoxy groups -OCH3 is 1. The van der Waals surface area contributed by atoms with E-state index in [4.69, 9.17) is 21.3 Å². The van der Waals surface area contributed by atoms with E-state index in [1.807, 2.05) is 84.6 Å². The van der Waals surface area contributed by atoms with Crippen LogP contribution in [0.1, 0.15) is 17.8 Å². The van der Waals surface area contributed by atoms with Crippen molar-refractivity contribution in [2.24, 2.45) is 0 Å². The van der Waals surface area contributed by atoms with Gasteiger partial charge in [0.05, 0.1) is 12.8 Å². The highest BCUT2D eigenvalue weighted by molar-refractivity contribution is 7.14. The maximum atomic E-state index is 12.7. The second-order valence-electron chi connectivity index (χ2n) is 7.61. The SMILES string of the molecule is COc1ccc(N(CCC(=O)Nn2c(C)ccc2C)c2nc(-c3ccc(Cl)cc3)cs2)cc1. The average Bonchev–Trinajstić information content (AvgIpc) is 3.43. The summed E-state index contributed by atoms with van der Waals surface area (Å²) in [4.78, 5) is 19.6. The summed E-state index contributed by atoms with van der Waals surface area (Å²) in [6.07, 6.45) is 0.305. The molecule has 0 spiro atoms. The molecule has 0 bridgehead atoms. The zero-order valence-electron chi connectivity index (χ0n) is 18.7. The van der Waals surface area contributed by atoms with Gasteiger partial charge in [-0.05, 0) is 62.4 Å². The number of thiazole rings is 1. The van der Waals surface area contributed by atoms with Crippen LogP contribution in [0.5, 0.6) is 5.75 Å². The van der Waals surface area contributed by atoms with Crippen molar-refractivity contribution in [1.82, 2.24) is 9.66 Å². The Hall–Kier alpha value is -3.29. The van der Waals surface area contributed by atoms with E-state index in [-0.39, 0.29) is 5.91 Å². The Morgan fingerprint density at radius 3 is 2.36 bits per heavy atom. The van der Waals surface area contributed by atoms with Gasteiger partial charge < -0.3 is 9.64 Å². The fraction of sp³-hybridized carbons (Fsp3) is 0.200. The molecule has 6 nitrogen and oxygen atoms in total. The standard InChI is InChI=1S/C25H25ClN4O2S/c1-17-4-5-18(2)30(17)28-24(31)14-15-29(21-10-12-22(32-3)13-11-21)25-27-23(16-33-25)19-6-8-20(26)9-7-19/h4-13,16H,14-15H2,1-3H3,(H,28,31). The second-order valence-corrected chi connectivity index (χ2v) is 8.88. The summed E-state index contributed by atoms with van der Waals surface area (Å²) < 4.78 is 7.10. The van der Waals surface area contributed by atoms with Crippen molar-refractivity contribution < 1.29 is 9.53 Å². The third kappa shape index (κ3) is 5.38. The Labute approximate surface area is 202 Å². The lowest BCUT2D eigenvalue weighted by Crippen LogP contribution is -2.29. The van der Waals surface area contributed by atoms with Crippen LogP contribution in [0, 0.1) is 13.8 Å². The van der Waals surface area contributed by atoms with Crippen LogP contribution in [0.2, 0.25) is 5.02 Å². The van der Waals surface area contributed by atoms with E-state index in [2.05, 4.69) is 10.3 Å². The normalized spacial score (nSPS) is 10.8. The fourth-order valence-electron chi connectivity index (χ4n) is 3.48. The van der Waals surface area contributed by atoms with Gasteiger partial charge in [0.1, 0.15) is 5.75 Å². The Morgan fingerprint density at radius 1 is 1.06 bits per heavy atom. The summed E-state index contributed by atoms with van der Waals surface area (Å²) in [6, 6.07) is 19.3. The van der Waals surface area contributed by atoms with Crippen LogP contribution in [-0.2, 0) is 4.79 Å². The predicted octanol–water partition coefficient (Wildman–Crippen LogP) is 6.19. The third-order valence-corrected chi connectivity index (χ3v) is 6.43. The van der Waals surface area contributed by atoms with Crippen LogP contribution < -0.4 is 15.1 Å². The van der Waals surface area contributed by atoms with E-state index < -0.39 is 0 Å². The lowest BCUT2D eigenvalue weighted by molar-refractivity contribution is -0.116. The number of aromatic nitrogens is 2. The van der Waals surface area contributed by atoms with Gasteiger partial charge in [-0.2, -0.15) is 0 Å². The number of nitrogens with zero attached hydrogens (tertiary/aromatic N) is 3. The first-order chi connectivity index (χ1) is 15.9. The largest absolute Gasteiger partial charge is 0.497 e. The number of benzene rings is 2. The van der Waals surface area contributed by atoms with Crippen LogP contribution in [0.4, 0.5) is 10.8 Å². The maximum Gasteiger partial charge on any atom is 0.240 e. The molecule has 0 atom stereocenters. The van der Waals surface area contributed by atoms with Gasteiger partial charge >= 0.3 is 0 Å². The number of hydrogen-bond acceptors (Lipinski definition) is 5. The smallest absolute Gasteiger partial charge is 0.240 e. The highest BCUT2D eigenvalue weighted by atomic mass is 35.5. The van der Waals surface area contributed by atoms with Crippen molar-refractivity contribution in [2.75, 3.05) is 24.0 Å². The molecule has 2 aromatic carbocycles. The summed E-state index contributed by atoms with van der Waals surface area (Å²) >= 11 is 7.56. The van der Waals surface area contributed by atoms with E-state index >= 15 is 0 Å². The minimum Gasteiger partial charge on any atom is -0.497 e. The number of amides is 1. The van der Waals surface area contributed by atoms with Gasteiger partial charge in [0.15, 0.2) is 5.13 Å². The monoisotopic (exact) mass is 480 g/mol. The summed E-state index contributed by atoms with van der Waals surface area (Å²) in [5, 5.41) is 3.52. The molecule has 4 aromatic rings. The van der Waals surface area contributed by atoms with Crippen molar-refractivity contribution in [1.29, 1.82) is 0 Å². The van der Waals surface area contributed by atoms with Crippen LogP contribution >= 0.6 is 22.9 Å². The lowest BCUT2D eigenvalue weighted by Gasteiger charge is -2.22. The third-order valence-electron chi connectivity index (χ3n) is 5.32. The maximum absolute atomic E-state index is 12.7. The first-order valence-corrected chi connectivity index (χ1v) is 11.8. The molecule has 0 saturated carbocycles. The fourth-order valence-corrected chi connectivity index (χ4v) is 4.48. The average molecular weight is 481 g/mol. The van der Waals surface area contributed by atoms with Crippen LogP contribution in [0.25, 0.3) is 11.3 Å². The molecule has 2 aromatic heterocycles. The zero-order chi connectivity index (χ0) is 23.4. The number of halogens is 1. The minimum absolute atomic E-state index is 0.0645. The Bertz CT molecular complexity index is 1210. The predicted molar refractivity (Wildman–Crippen MR) is 135 cm³/mol. The van der Waals surface area contributed by atoms with Gasteiger partial charge in [0, 0.05) is 46.0 Å². The van der Waals surface area contributed by atoms with E-state index in [0.717, 1.165) is 39.2 Å². The molecule has 1 N–H and O–H groups in total. The molecule has 0 radical (unpaired) electrons. The second kappa shape index (κ2) is 10.1. The first kappa shape index (κ1) is 22.9. The molecule has 4 rings (SSSR count). The molecule has 8 heteroatoms. The minimum atomic E-state index is -0.0645. The van der Waals surface area contributed by atoms with Crippen molar-refractivity contribution in [2.45, 2.75) is 20.3 Å². The number of rotatable bonds is 8.